The Hall–Kier alpha value is -0.710. The lowest BCUT2D eigenvalue weighted by atomic mass is 9.78. The first-order chi connectivity index (χ1) is 15.8. The van der Waals surface area contributed by atoms with Crippen LogP contribution in [0, 0.1) is 3.57 Å². The average molecular weight is 606 g/mol. The van der Waals surface area contributed by atoms with Crippen molar-refractivity contribution in [3.8, 4) is 11.5 Å². The van der Waals surface area contributed by atoms with Crippen LogP contribution in [0.5, 0.6) is 11.5 Å². The quantitative estimate of drug-likeness (QED) is 0.293. The van der Waals surface area contributed by atoms with Crippen LogP contribution in [0.15, 0.2) is 42.5 Å². The summed E-state index contributed by atoms with van der Waals surface area (Å²) in [5, 5.41) is 19.9. The minimum Gasteiger partial charge on any atom is -0.491 e. The van der Waals surface area contributed by atoms with E-state index in [9.17, 15) is 10.2 Å². The molecular weight excluding hydrogens is 573 g/mol. The number of benzene rings is 2. The van der Waals surface area contributed by atoms with Crippen LogP contribution in [-0.4, -0.2) is 77.6 Å². The van der Waals surface area contributed by atoms with E-state index in [1.165, 1.54) is 11.1 Å². The molecule has 2 N–H and O–H groups in total. The first kappa shape index (κ1) is 26.9. The third kappa shape index (κ3) is 7.90. The zero-order valence-electron chi connectivity index (χ0n) is 19.2. The van der Waals surface area contributed by atoms with E-state index in [-0.39, 0.29) is 17.9 Å². The normalized spacial score (nSPS) is 16.9. The standard InChI is InChI=1S/C25H33ClINO4S/c1-25(2,19-5-8-24(23(27)13-19)32-16-20(29)14-26)18-3-6-22(7-4-18)31-17-21(30)15-28-9-11-33-12-10-28/h3-8,13,20-21,29-30H,9-12,14-17H2,1-2H3/t20-,21+/m1/s1. The number of alkyl halides is 1. The summed E-state index contributed by atoms with van der Waals surface area (Å²) in [6, 6.07) is 14.2. The molecule has 0 amide bonds. The molecule has 2 aromatic carbocycles. The maximum absolute atomic E-state index is 10.3. The van der Waals surface area contributed by atoms with Crippen molar-refractivity contribution in [3.05, 3.63) is 57.2 Å². The SMILES string of the molecule is CC(C)(c1ccc(OC[C@@H](O)CN2CCSCC2)cc1)c1ccc(OC[C@H](O)CCl)c(I)c1. The van der Waals surface area contributed by atoms with Gasteiger partial charge in [0.2, 0.25) is 0 Å². The molecule has 0 spiro atoms. The number of thioether (sulfide) groups is 1. The molecule has 0 bridgehead atoms. The fourth-order valence-corrected chi connectivity index (χ4v) is 5.44. The lowest BCUT2D eigenvalue weighted by molar-refractivity contribution is 0.0715. The fraction of sp³-hybridized carbons (Fsp3) is 0.520. The smallest absolute Gasteiger partial charge is 0.132 e. The van der Waals surface area contributed by atoms with E-state index in [2.05, 4.69) is 65.6 Å². The summed E-state index contributed by atoms with van der Waals surface area (Å²) in [6.07, 6.45) is -1.16. The first-order valence-electron chi connectivity index (χ1n) is 11.2. The van der Waals surface area contributed by atoms with E-state index in [4.69, 9.17) is 21.1 Å². The van der Waals surface area contributed by atoms with Gasteiger partial charge >= 0.3 is 0 Å². The maximum Gasteiger partial charge on any atom is 0.132 e. The molecule has 1 fully saturated rings. The summed E-state index contributed by atoms with van der Waals surface area (Å²) < 4.78 is 12.5. The zero-order valence-corrected chi connectivity index (χ0v) is 22.9. The molecule has 182 valence electrons. The van der Waals surface area contributed by atoms with Crippen LogP contribution in [0.3, 0.4) is 0 Å². The average Bonchev–Trinajstić information content (AvgIpc) is 2.82. The Labute approximate surface area is 219 Å². The molecule has 0 radical (unpaired) electrons. The number of rotatable bonds is 11. The van der Waals surface area contributed by atoms with Crippen molar-refractivity contribution in [3.63, 3.8) is 0 Å². The predicted molar refractivity (Wildman–Crippen MR) is 145 cm³/mol. The van der Waals surface area contributed by atoms with Crippen molar-refractivity contribution in [1.29, 1.82) is 0 Å². The second-order valence-corrected chi connectivity index (χ2v) is 11.5. The molecule has 5 nitrogen and oxygen atoms in total. The van der Waals surface area contributed by atoms with Crippen LogP contribution in [0.25, 0.3) is 0 Å². The van der Waals surface area contributed by atoms with Crippen molar-refractivity contribution in [2.75, 3.05) is 50.2 Å². The van der Waals surface area contributed by atoms with E-state index in [0.717, 1.165) is 39.7 Å². The lowest BCUT2D eigenvalue weighted by Gasteiger charge is -2.28. The highest BCUT2D eigenvalue weighted by molar-refractivity contribution is 14.1. The highest BCUT2D eigenvalue weighted by atomic mass is 127. The molecule has 0 unspecified atom stereocenters. The molecule has 0 aliphatic carbocycles. The monoisotopic (exact) mass is 605 g/mol. The molecule has 8 heteroatoms. The molecule has 2 atom stereocenters. The Balaban J connectivity index is 1.57. The number of halogens is 2. The van der Waals surface area contributed by atoms with Gasteiger partial charge < -0.3 is 19.7 Å². The Morgan fingerprint density at radius 1 is 1.00 bits per heavy atom. The molecule has 3 rings (SSSR count). The molecule has 1 aliphatic heterocycles. The van der Waals surface area contributed by atoms with Gasteiger partial charge in [0.25, 0.3) is 0 Å². The van der Waals surface area contributed by atoms with Crippen LogP contribution in [-0.2, 0) is 5.41 Å². The highest BCUT2D eigenvalue weighted by Crippen LogP contribution is 2.35. The van der Waals surface area contributed by atoms with Crippen molar-refractivity contribution >= 4 is 46.0 Å². The second-order valence-electron chi connectivity index (χ2n) is 8.79. The van der Waals surface area contributed by atoms with Gasteiger partial charge in [-0.15, -0.1) is 11.6 Å². The Morgan fingerprint density at radius 2 is 1.64 bits per heavy atom. The van der Waals surface area contributed by atoms with Gasteiger partial charge in [-0.25, -0.2) is 0 Å². The fourth-order valence-electron chi connectivity index (χ4n) is 3.70. The predicted octanol–water partition coefficient (Wildman–Crippen LogP) is 4.38. The van der Waals surface area contributed by atoms with Gasteiger partial charge in [0, 0.05) is 36.6 Å². The molecule has 33 heavy (non-hydrogen) atoms. The third-order valence-corrected chi connectivity index (χ3v) is 8.00. The number of nitrogens with zero attached hydrogens (tertiary/aromatic N) is 1. The first-order valence-corrected chi connectivity index (χ1v) is 13.9. The van der Waals surface area contributed by atoms with Crippen molar-refractivity contribution < 1.29 is 19.7 Å². The number of hydrogen-bond acceptors (Lipinski definition) is 6. The Morgan fingerprint density at radius 3 is 2.27 bits per heavy atom. The molecule has 0 aromatic heterocycles. The van der Waals surface area contributed by atoms with Crippen LogP contribution in [0.2, 0.25) is 0 Å². The molecule has 1 aliphatic rings. The van der Waals surface area contributed by atoms with Crippen LogP contribution < -0.4 is 9.47 Å². The molecule has 1 heterocycles. The van der Waals surface area contributed by atoms with Gasteiger partial charge in [0.05, 0.1) is 9.45 Å². The summed E-state index contributed by atoms with van der Waals surface area (Å²) in [5.41, 5.74) is 2.13. The lowest BCUT2D eigenvalue weighted by Crippen LogP contribution is -2.40. The topological polar surface area (TPSA) is 62.2 Å². The molecule has 0 saturated carbocycles. The van der Waals surface area contributed by atoms with Crippen molar-refractivity contribution in [1.82, 2.24) is 4.90 Å². The van der Waals surface area contributed by atoms with E-state index >= 15 is 0 Å². The van der Waals surface area contributed by atoms with Crippen LogP contribution in [0.1, 0.15) is 25.0 Å². The molecule has 1 saturated heterocycles. The number of hydrogen-bond donors (Lipinski definition) is 2. The number of aliphatic hydroxyl groups is 2. The molecular formula is C25H33ClINO4S. The number of aliphatic hydroxyl groups excluding tert-OH is 2. The summed E-state index contributed by atoms with van der Waals surface area (Å²) >= 11 is 9.87. The largest absolute Gasteiger partial charge is 0.491 e. The van der Waals surface area contributed by atoms with Crippen molar-refractivity contribution in [2.24, 2.45) is 0 Å². The number of ether oxygens (including phenoxy) is 2. The van der Waals surface area contributed by atoms with Gasteiger partial charge in [-0.1, -0.05) is 32.0 Å². The summed E-state index contributed by atoms with van der Waals surface area (Å²) in [5.74, 6) is 3.93. The summed E-state index contributed by atoms with van der Waals surface area (Å²) in [7, 11) is 0. The van der Waals surface area contributed by atoms with Gasteiger partial charge in [0.1, 0.15) is 36.9 Å². The van der Waals surface area contributed by atoms with E-state index < -0.39 is 12.2 Å². The summed E-state index contributed by atoms with van der Waals surface area (Å²) in [4.78, 5) is 2.30. The Bertz CT molecular complexity index is 877. The van der Waals surface area contributed by atoms with E-state index in [1.54, 1.807) is 0 Å². The van der Waals surface area contributed by atoms with Gasteiger partial charge in [-0.3, -0.25) is 4.90 Å². The number of β-amino-alcohol motifs (C(OH)–C–C–N with tert-alkyl or cyclic N) is 1. The highest BCUT2D eigenvalue weighted by Gasteiger charge is 2.24. The van der Waals surface area contributed by atoms with E-state index in [0.29, 0.717) is 13.2 Å². The maximum atomic E-state index is 10.3. The third-order valence-electron chi connectivity index (χ3n) is 5.85. The second kappa shape index (κ2) is 12.8. The van der Waals surface area contributed by atoms with Crippen LogP contribution in [0.4, 0.5) is 0 Å². The minimum atomic E-state index is -0.677. The van der Waals surface area contributed by atoms with Crippen molar-refractivity contribution in [2.45, 2.75) is 31.5 Å². The van der Waals surface area contributed by atoms with E-state index in [1.807, 2.05) is 30.0 Å². The molecule has 2 aromatic rings. The van der Waals surface area contributed by atoms with Crippen LogP contribution >= 0.6 is 46.0 Å². The summed E-state index contributed by atoms with van der Waals surface area (Å²) in [6.45, 7) is 7.58. The minimum absolute atomic E-state index is 0.151. The Kier molecular flexibility index (Phi) is 10.5. The van der Waals surface area contributed by atoms with Gasteiger partial charge in [-0.2, -0.15) is 11.8 Å². The van der Waals surface area contributed by atoms with Gasteiger partial charge in [0.15, 0.2) is 0 Å². The van der Waals surface area contributed by atoms with Gasteiger partial charge in [-0.05, 0) is 58.0 Å². The zero-order chi connectivity index (χ0) is 23.8.